The van der Waals surface area contributed by atoms with Crippen LogP contribution in [0.3, 0.4) is 0 Å². The van der Waals surface area contributed by atoms with Crippen molar-refractivity contribution in [2.75, 3.05) is 31.5 Å². The smallest absolute Gasteiger partial charge is 0.321 e. The van der Waals surface area contributed by atoms with Crippen LogP contribution in [0.25, 0.3) is 0 Å². The van der Waals surface area contributed by atoms with E-state index in [1.54, 1.807) is 18.1 Å². The largest absolute Gasteiger partial charge is 0.324 e. The summed E-state index contributed by atoms with van der Waals surface area (Å²) in [6, 6.07) is 8.75. The number of nitrogens with zero attached hydrogens (tertiary/aromatic N) is 5. The molecule has 0 bridgehead atoms. The van der Waals surface area contributed by atoms with Gasteiger partial charge >= 0.3 is 6.03 Å². The lowest BCUT2D eigenvalue weighted by Crippen LogP contribution is -2.46. The number of aromatic nitrogens is 3. The second kappa shape index (κ2) is 9.20. The Hall–Kier alpha value is -2.06. The summed E-state index contributed by atoms with van der Waals surface area (Å²) >= 11 is 1.66. The number of hydrogen-bond acceptors (Lipinski definition) is 5. The van der Waals surface area contributed by atoms with Gasteiger partial charge in [0.2, 0.25) is 0 Å². The number of carbonyl (C=O) groups is 1. The van der Waals surface area contributed by atoms with Crippen molar-refractivity contribution in [2.45, 2.75) is 56.5 Å². The summed E-state index contributed by atoms with van der Waals surface area (Å²) in [4.78, 5) is 17.5. The zero-order chi connectivity index (χ0) is 22.0. The number of benzene rings is 1. The Morgan fingerprint density at radius 3 is 2.55 bits per heavy atom. The lowest BCUT2D eigenvalue weighted by molar-refractivity contribution is 0.120. The van der Waals surface area contributed by atoms with Crippen molar-refractivity contribution in [3.63, 3.8) is 0 Å². The van der Waals surface area contributed by atoms with E-state index in [1.807, 2.05) is 28.6 Å². The highest BCUT2D eigenvalue weighted by Gasteiger charge is 2.41. The van der Waals surface area contributed by atoms with E-state index in [0.29, 0.717) is 11.5 Å². The van der Waals surface area contributed by atoms with Gasteiger partial charge in [-0.25, -0.2) is 4.79 Å². The molecule has 1 N–H and O–H groups in total. The fourth-order valence-electron chi connectivity index (χ4n) is 4.68. The molecule has 2 amide bonds. The zero-order valence-electron chi connectivity index (χ0n) is 19.0. The van der Waals surface area contributed by atoms with Gasteiger partial charge in [-0.3, -0.25) is 0 Å². The molecule has 2 aromatic rings. The molecule has 7 nitrogen and oxygen atoms in total. The number of urea groups is 1. The molecule has 2 saturated heterocycles. The highest BCUT2D eigenvalue weighted by atomic mass is 32.2. The SMILES string of the molecule is CC(C)N1CCC2(CCN(C(=O)Nc3cccc([C@H](C)Sc4nncn4C)c3)CC2)C1. The minimum atomic E-state index is 0.0133. The van der Waals surface area contributed by atoms with E-state index >= 15 is 0 Å². The van der Waals surface area contributed by atoms with Gasteiger partial charge in [0.1, 0.15) is 6.33 Å². The number of likely N-dealkylation sites (tertiary alicyclic amines) is 2. The average molecular weight is 443 g/mol. The van der Waals surface area contributed by atoms with Crippen LogP contribution in [0, 0.1) is 5.41 Å². The van der Waals surface area contributed by atoms with Crippen LogP contribution in [0.1, 0.15) is 50.8 Å². The zero-order valence-corrected chi connectivity index (χ0v) is 19.9. The summed E-state index contributed by atoms with van der Waals surface area (Å²) < 4.78 is 1.92. The maximum absolute atomic E-state index is 12.9. The van der Waals surface area contributed by atoms with Gasteiger partial charge in [-0.15, -0.1) is 10.2 Å². The molecule has 0 unspecified atom stereocenters. The molecule has 2 aliphatic heterocycles. The van der Waals surface area contributed by atoms with Gasteiger partial charge in [0, 0.05) is 43.7 Å². The summed E-state index contributed by atoms with van der Waals surface area (Å²) in [6.07, 6.45) is 5.19. The minimum Gasteiger partial charge on any atom is -0.324 e. The Labute approximate surface area is 189 Å². The van der Waals surface area contributed by atoms with Gasteiger partial charge in [-0.1, -0.05) is 23.9 Å². The Balaban J connectivity index is 1.32. The van der Waals surface area contributed by atoms with Crippen molar-refractivity contribution >= 4 is 23.5 Å². The van der Waals surface area contributed by atoms with Gasteiger partial charge in [0.05, 0.1) is 0 Å². The fourth-order valence-corrected chi connectivity index (χ4v) is 5.59. The van der Waals surface area contributed by atoms with Crippen molar-refractivity contribution in [3.8, 4) is 0 Å². The Morgan fingerprint density at radius 2 is 1.90 bits per heavy atom. The molecule has 1 aromatic heterocycles. The molecule has 4 rings (SSSR count). The molecule has 1 aromatic carbocycles. The Kier molecular flexibility index (Phi) is 6.57. The molecule has 0 aliphatic carbocycles. The molecule has 3 heterocycles. The fraction of sp³-hybridized carbons (Fsp3) is 0.609. The molecule has 168 valence electrons. The van der Waals surface area contributed by atoms with Crippen molar-refractivity contribution in [1.29, 1.82) is 0 Å². The number of piperidine rings is 1. The van der Waals surface area contributed by atoms with Gasteiger partial charge in [0.25, 0.3) is 0 Å². The van der Waals surface area contributed by atoms with E-state index in [2.05, 4.69) is 53.3 Å². The first kappa shape index (κ1) is 22.1. The normalized spacial score (nSPS) is 19.8. The van der Waals surface area contributed by atoms with E-state index in [4.69, 9.17) is 0 Å². The molecular weight excluding hydrogens is 408 g/mol. The van der Waals surface area contributed by atoms with Crippen LogP contribution in [0.4, 0.5) is 10.5 Å². The van der Waals surface area contributed by atoms with Crippen LogP contribution >= 0.6 is 11.8 Å². The first-order valence-electron chi connectivity index (χ1n) is 11.3. The highest BCUT2D eigenvalue weighted by Crippen LogP contribution is 2.41. The lowest BCUT2D eigenvalue weighted by atomic mass is 9.78. The molecule has 1 atom stereocenters. The predicted molar refractivity (Wildman–Crippen MR) is 125 cm³/mol. The maximum Gasteiger partial charge on any atom is 0.321 e. The standard InChI is InChI=1S/C23H34N6OS/c1-17(2)29-13-10-23(15-29)8-11-28(12-9-23)21(30)25-20-7-5-6-19(14-20)18(3)31-22-26-24-16-27(22)4/h5-7,14,16-18H,8-13,15H2,1-4H3,(H,25,30)/t18-/m0/s1. The number of aryl methyl sites for hydroxylation is 1. The topological polar surface area (TPSA) is 66.3 Å². The van der Waals surface area contributed by atoms with E-state index in [-0.39, 0.29) is 11.3 Å². The monoisotopic (exact) mass is 442 g/mol. The quantitative estimate of drug-likeness (QED) is 0.696. The second-order valence-corrected chi connectivity index (χ2v) is 10.6. The minimum absolute atomic E-state index is 0.0133. The van der Waals surface area contributed by atoms with E-state index in [1.165, 1.54) is 19.5 Å². The van der Waals surface area contributed by atoms with Crippen LogP contribution in [-0.4, -0.2) is 62.8 Å². The number of hydrogen-bond donors (Lipinski definition) is 1. The van der Waals surface area contributed by atoms with Crippen LogP contribution in [0.15, 0.2) is 35.7 Å². The van der Waals surface area contributed by atoms with Crippen molar-refractivity contribution < 1.29 is 4.79 Å². The first-order valence-corrected chi connectivity index (χ1v) is 12.1. The Morgan fingerprint density at radius 1 is 1.16 bits per heavy atom. The molecular formula is C23H34N6OS. The lowest BCUT2D eigenvalue weighted by Gasteiger charge is -2.39. The molecule has 31 heavy (non-hydrogen) atoms. The van der Waals surface area contributed by atoms with Gasteiger partial charge < -0.3 is 19.7 Å². The van der Waals surface area contributed by atoms with Gasteiger partial charge in [-0.2, -0.15) is 0 Å². The third kappa shape index (κ3) is 5.06. The maximum atomic E-state index is 12.9. The van der Waals surface area contributed by atoms with Gasteiger partial charge in [0.15, 0.2) is 5.16 Å². The van der Waals surface area contributed by atoms with Crippen LogP contribution in [-0.2, 0) is 7.05 Å². The first-order chi connectivity index (χ1) is 14.8. The summed E-state index contributed by atoms with van der Waals surface area (Å²) in [5.74, 6) is 0. The number of amides is 2. The predicted octanol–water partition coefficient (Wildman–Crippen LogP) is 4.40. The van der Waals surface area contributed by atoms with E-state index in [9.17, 15) is 4.79 Å². The molecule has 1 spiro atoms. The average Bonchev–Trinajstić information content (AvgIpc) is 3.35. The van der Waals surface area contributed by atoms with Gasteiger partial charge in [-0.05, 0) is 69.7 Å². The molecule has 2 fully saturated rings. The van der Waals surface area contributed by atoms with Crippen molar-refractivity contribution in [1.82, 2.24) is 24.6 Å². The number of carbonyl (C=O) groups excluding carboxylic acids is 1. The van der Waals surface area contributed by atoms with Crippen LogP contribution in [0.5, 0.6) is 0 Å². The third-order valence-electron chi connectivity index (χ3n) is 6.87. The summed E-state index contributed by atoms with van der Waals surface area (Å²) in [5, 5.41) is 12.3. The van der Waals surface area contributed by atoms with Crippen LogP contribution in [0.2, 0.25) is 0 Å². The molecule has 8 heteroatoms. The summed E-state index contributed by atoms with van der Waals surface area (Å²) in [6.45, 7) is 10.8. The summed E-state index contributed by atoms with van der Waals surface area (Å²) in [7, 11) is 1.94. The number of nitrogens with one attached hydrogen (secondary N) is 1. The van der Waals surface area contributed by atoms with E-state index in [0.717, 1.165) is 42.3 Å². The summed E-state index contributed by atoms with van der Waals surface area (Å²) in [5.41, 5.74) is 2.41. The number of thioether (sulfide) groups is 1. The second-order valence-electron chi connectivity index (χ2n) is 9.34. The molecule has 0 saturated carbocycles. The number of anilines is 1. The highest BCUT2D eigenvalue weighted by molar-refractivity contribution is 7.99. The van der Waals surface area contributed by atoms with E-state index < -0.39 is 0 Å². The molecule has 0 radical (unpaired) electrons. The van der Waals surface area contributed by atoms with Crippen LogP contribution < -0.4 is 5.32 Å². The number of rotatable bonds is 5. The Bertz CT molecular complexity index is 905. The van der Waals surface area contributed by atoms with Crippen molar-refractivity contribution in [2.24, 2.45) is 12.5 Å². The van der Waals surface area contributed by atoms with Crippen molar-refractivity contribution in [3.05, 3.63) is 36.2 Å². The molecule has 2 aliphatic rings. The third-order valence-corrected chi connectivity index (χ3v) is 8.07.